The molecule has 3 aromatic heterocycles. The molecule has 0 unspecified atom stereocenters. The van der Waals surface area contributed by atoms with Gasteiger partial charge in [0.25, 0.3) is 0 Å². The molecule has 1 fully saturated rings. The Morgan fingerprint density at radius 3 is 2.76 bits per heavy atom. The van der Waals surface area contributed by atoms with Gasteiger partial charge in [-0.15, -0.1) is 11.8 Å². The number of imidazole rings is 1. The van der Waals surface area contributed by atoms with Crippen molar-refractivity contribution in [2.24, 2.45) is 0 Å². The maximum Gasteiger partial charge on any atom is 0.159 e. The van der Waals surface area contributed by atoms with Gasteiger partial charge in [-0.05, 0) is 86.3 Å². The second-order valence-electron chi connectivity index (χ2n) is 9.66. The van der Waals surface area contributed by atoms with Gasteiger partial charge < -0.3 is 4.98 Å². The zero-order chi connectivity index (χ0) is 25.8. The van der Waals surface area contributed by atoms with Crippen molar-refractivity contribution >= 4 is 28.2 Å². The molecule has 4 heterocycles. The molecule has 6 nitrogen and oxygen atoms in total. The molecular weight excluding hydrogens is 476 g/mol. The molecule has 190 valence electrons. The fourth-order valence-corrected chi connectivity index (χ4v) is 5.55. The van der Waals surface area contributed by atoms with Crippen molar-refractivity contribution in [2.45, 2.75) is 39.7 Å². The van der Waals surface area contributed by atoms with Crippen LogP contribution in [0.4, 0.5) is 0 Å². The molecule has 37 heavy (non-hydrogen) atoms. The fourth-order valence-electron chi connectivity index (χ4n) is 5.07. The first-order chi connectivity index (χ1) is 18.1. The number of pyridine rings is 1. The van der Waals surface area contributed by atoms with Gasteiger partial charge in [0.2, 0.25) is 0 Å². The van der Waals surface area contributed by atoms with Gasteiger partial charge in [-0.25, -0.2) is 4.98 Å². The lowest BCUT2D eigenvalue weighted by atomic mass is 10.0. The summed E-state index contributed by atoms with van der Waals surface area (Å²) in [6, 6.07) is 8.67. The van der Waals surface area contributed by atoms with Crippen LogP contribution in [0.25, 0.3) is 39.1 Å². The van der Waals surface area contributed by atoms with E-state index in [1.165, 1.54) is 37.9 Å². The number of aryl methyl sites for hydroxylation is 1. The molecule has 0 atom stereocenters. The third-order valence-electron chi connectivity index (χ3n) is 6.91. The van der Waals surface area contributed by atoms with Crippen molar-refractivity contribution in [3.63, 3.8) is 0 Å². The van der Waals surface area contributed by atoms with Gasteiger partial charge in [-0.3, -0.25) is 15.0 Å². The zero-order valence-corrected chi connectivity index (χ0v) is 22.7. The molecule has 1 aliphatic rings. The average molecular weight is 511 g/mol. The lowest BCUT2D eigenvalue weighted by molar-refractivity contribution is 0.220. The molecule has 0 saturated carbocycles. The number of nitrogens with zero attached hydrogens (tertiary/aromatic N) is 4. The van der Waals surface area contributed by atoms with Crippen LogP contribution in [0, 0.1) is 6.92 Å². The Balaban J connectivity index is 1.49. The number of H-pyrrole nitrogens is 2. The molecule has 0 aliphatic carbocycles. The minimum atomic E-state index is 0.750. The summed E-state index contributed by atoms with van der Waals surface area (Å²) < 4.78 is 0. The number of rotatable bonds is 8. The van der Waals surface area contributed by atoms with Crippen LogP contribution >= 0.6 is 11.8 Å². The molecule has 7 heteroatoms. The lowest BCUT2D eigenvalue weighted by Gasteiger charge is -2.26. The topological polar surface area (TPSA) is 73.5 Å². The smallest absolute Gasteiger partial charge is 0.159 e. The van der Waals surface area contributed by atoms with Crippen LogP contribution in [-0.4, -0.2) is 49.4 Å². The van der Waals surface area contributed by atoms with Crippen LogP contribution < -0.4 is 0 Å². The summed E-state index contributed by atoms with van der Waals surface area (Å²) in [7, 11) is 0. The van der Waals surface area contributed by atoms with Gasteiger partial charge in [-0.1, -0.05) is 31.2 Å². The maximum absolute atomic E-state index is 4.98. The normalized spacial score (nSPS) is 15.4. The van der Waals surface area contributed by atoms with E-state index >= 15 is 0 Å². The Kier molecular flexibility index (Phi) is 7.72. The summed E-state index contributed by atoms with van der Waals surface area (Å²) in [5.74, 6) is 0.750. The highest BCUT2D eigenvalue weighted by molar-refractivity contribution is 8.01. The summed E-state index contributed by atoms with van der Waals surface area (Å²) >= 11 is 1.68. The summed E-state index contributed by atoms with van der Waals surface area (Å²) in [4.78, 5) is 15.6. The second-order valence-corrected chi connectivity index (χ2v) is 10.4. The molecule has 0 spiro atoms. The van der Waals surface area contributed by atoms with E-state index in [9.17, 15) is 0 Å². The van der Waals surface area contributed by atoms with Gasteiger partial charge >= 0.3 is 0 Å². The van der Waals surface area contributed by atoms with E-state index in [-0.39, 0.29) is 0 Å². The SMILES string of the molecule is C=C/C=C(/C(C)=C/SC)c1nc(-c2n[nH]c3ccc(-c4cncc(CN5CCCCC5)c4)cc23)[nH]c1C. The second kappa shape index (κ2) is 11.3. The number of aromatic amines is 2. The van der Waals surface area contributed by atoms with E-state index < -0.39 is 0 Å². The molecule has 0 amide bonds. The van der Waals surface area contributed by atoms with Crippen molar-refractivity contribution in [1.29, 1.82) is 0 Å². The van der Waals surface area contributed by atoms with Gasteiger partial charge in [0.15, 0.2) is 5.82 Å². The molecule has 0 bridgehead atoms. The number of piperidine rings is 1. The first-order valence-corrected chi connectivity index (χ1v) is 14.1. The number of hydrogen-bond donors (Lipinski definition) is 2. The Bertz CT molecular complexity index is 1470. The maximum atomic E-state index is 4.98. The third-order valence-corrected chi connectivity index (χ3v) is 7.50. The van der Waals surface area contributed by atoms with Gasteiger partial charge in [0.05, 0.1) is 11.2 Å². The van der Waals surface area contributed by atoms with Crippen LogP contribution in [0.1, 0.15) is 43.1 Å². The van der Waals surface area contributed by atoms with Crippen molar-refractivity contribution in [3.05, 3.63) is 83.3 Å². The van der Waals surface area contributed by atoms with E-state index in [0.717, 1.165) is 62.6 Å². The van der Waals surface area contributed by atoms with Crippen LogP contribution in [-0.2, 0) is 6.54 Å². The van der Waals surface area contributed by atoms with Gasteiger partial charge in [-0.2, -0.15) is 5.10 Å². The molecule has 1 aromatic carbocycles. The number of thioether (sulfide) groups is 1. The quantitative estimate of drug-likeness (QED) is 0.246. The highest BCUT2D eigenvalue weighted by Gasteiger charge is 2.18. The molecule has 1 aliphatic heterocycles. The van der Waals surface area contributed by atoms with E-state index in [0.29, 0.717) is 0 Å². The number of likely N-dealkylation sites (tertiary alicyclic amines) is 1. The van der Waals surface area contributed by atoms with Crippen molar-refractivity contribution in [3.8, 4) is 22.6 Å². The van der Waals surface area contributed by atoms with E-state index in [4.69, 9.17) is 4.98 Å². The standard InChI is InChI=1S/C30H34N6S/c1-5-9-25(20(2)19-37-4)28-21(3)32-30(33-28)29-26-15-23(10-11-27(26)34-35-29)24-14-22(16-31-17-24)18-36-12-7-6-8-13-36/h5,9-11,14-17,19H,1,6-8,12-13,18H2,2-4H3,(H,32,33)(H,34,35)/b20-19+,25-9-. The Labute approximate surface area is 223 Å². The number of fused-ring (bicyclic) bond motifs is 1. The number of hydrogen-bond acceptors (Lipinski definition) is 5. The predicted octanol–water partition coefficient (Wildman–Crippen LogP) is 7.15. The molecule has 4 aromatic rings. The van der Waals surface area contributed by atoms with E-state index in [1.54, 1.807) is 11.8 Å². The molecule has 2 N–H and O–H groups in total. The summed E-state index contributed by atoms with van der Waals surface area (Å²) in [6.07, 6.45) is 13.8. The monoisotopic (exact) mass is 510 g/mol. The first-order valence-electron chi connectivity index (χ1n) is 12.8. The number of benzene rings is 1. The van der Waals surface area contributed by atoms with Crippen LogP contribution in [0.15, 0.2) is 66.4 Å². The van der Waals surface area contributed by atoms with Crippen LogP contribution in [0.5, 0.6) is 0 Å². The predicted molar refractivity (Wildman–Crippen MR) is 156 cm³/mol. The molecule has 0 radical (unpaired) electrons. The van der Waals surface area contributed by atoms with Gasteiger partial charge in [0, 0.05) is 41.2 Å². The average Bonchev–Trinajstić information content (AvgIpc) is 3.51. The third kappa shape index (κ3) is 5.48. The van der Waals surface area contributed by atoms with Crippen molar-refractivity contribution < 1.29 is 0 Å². The molecule has 5 rings (SSSR count). The Hall–Kier alpha value is -3.42. The zero-order valence-electron chi connectivity index (χ0n) is 21.8. The summed E-state index contributed by atoms with van der Waals surface area (Å²) in [5, 5.41) is 11.0. The van der Waals surface area contributed by atoms with E-state index in [2.05, 4.69) is 81.4 Å². The van der Waals surface area contributed by atoms with Crippen LogP contribution in [0.3, 0.4) is 0 Å². The molecule has 1 saturated heterocycles. The summed E-state index contributed by atoms with van der Waals surface area (Å²) in [6.45, 7) is 11.4. The number of aromatic nitrogens is 5. The first kappa shape index (κ1) is 25.2. The highest BCUT2D eigenvalue weighted by atomic mass is 32.2. The van der Waals surface area contributed by atoms with E-state index in [1.807, 2.05) is 24.5 Å². The Morgan fingerprint density at radius 2 is 1.97 bits per heavy atom. The largest absolute Gasteiger partial charge is 0.340 e. The Morgan fingerprint density at radius 1 is 1.14 bits per heavy atom. The minimum Gasteiger partial charge on any atom is -0.340 e. The van der Waals surface area contributed by atoms with Crippen molar-refractivity contribution in [1.82, 2.24) is 30.0 Å². The van der Waals surface area contributed by atoms with Crippen LogP contribution in [0.2, 0.25) is 0 Å². The van der Waals surface area contributed by atoms with Crippen molar-refractivity contribution in [2.75, 3.05) is 19.3 Å². The van der Waals surface area contributed by atoms with Gasteiger partial charge in [0.1, 0.15) is 5.69 Å². The lowest BCUT2D eigenvalue weighted by Crippen LogP contribution is -2.29. The molecular formula is C30H34N6S. The number of allylic oxidation sites excluding steroid dienone is 4. The minimum absolute atomic E-state index is 0.750. The highest BCUT2D eigenvalue weighted by Crippen LogP contribution is 2.32. The fraction of sp³-hybridized carbons (Fsp3) is 0.300. The number of nitrogens with one attached hydrogen (secondary N) is 2. The summed E-state index contributed by atoms with van der Waals surface area (Å²) in [5.41, 5.74) is 9.42.